The second kappa shape index (κ2) is 9.91. The van der Waals surface area contributed by atoms with Crippen molar-refractivity contribution in [2.45, 2.75) is 31.8 Å². The molecule has 0 bridgehead atoms. The maximum absolute atomic E-state index is 12.9. The molecule has 4 aromatic rings. The lowest BCUT2D eigenvalue weighted by molar-refractivity contribution is -0.115. The first-order valence-electron chi connectivity index (χ1n) is 10.8. The van der Waals surface area contributed by atoms with Crippen LogP contribution in [-0.4, -0.2) is 36.2 Å². The number of amides is 1. The summed E-state index contributed by atoms with van der Waals surface area (Å²) in [7, 11) is 1.80. The Morgan fingerprint density at radius 2 is 1.85 bits per heavy atom. The van der Waals surface area contributed by atoms with Gasteiger partial charge in [-0.15, -0.1) is 5.10 Å². The highest BCUT2D eigenvalue weighted by atomic mass is 32.2. The van der Waals surface area contributed by atoms with Crippen molar-refractivity contribution < 1.29 is 4.79 Å². The Bertz CT molecular complexity index is 1310. The van der Waals surface area contributed by atoms with Gasteiger partial charge in [0, 0.05) is 24.8 Å². The van der Waals surface area contributed by atoms with E-state index in [0.29, 0.717) is 28.1 Å². The summed E-state index contributed by atoms with van der Waals surface area (Å²) in [5.41, 5.74) is 3.72. The molecule has 2 heterocycles. The number of nitrogens with one attached hydrogen (secondary N) is 2. The Morgan fingerprint density at radius 3 is 2.55 bits per heavy atom. The molecule has 2 aromatic heterocycles. The van der Waals surface area contributed by atoms with Crippen LogP contribution in [0.3, 0.4) is 0 Å². The van der Waals surface area contributed by atoms with Crippen molar-refractivity contribution in [3.05, 3.63) is 76.2 Å². The fraction of sp³-hybridized carbons (Fsp3) is 0.250. The van der Waals surface area contributed by atoms with Crippen LogP contribution in [0.2, 0.25) is 0 Å². The number of rotatable bonds is 8. The summed E-state index contributed by atoms with van der Waals surface area (Å²) >= 11 is 1.39. The van der Waals surface area contributed by atoms with Crippen molar-refractivity contribution in [1.82, 2.24) is 24.5 Å². The monoisotopic (exact) mass is 462 g/mol. The van der Waals surface area contributed by atoms with Crippen LogP contribution in [0.4, 0.5) is 5.69 Å². The van der Waals surface area contributed by atoms with Gasteiger partial charge >= 0.3 is 0 Å². The molecule has 9 heteroatoms. The summed E-state index contributed by atoms with van der Waals surface area (Å²) in [5.74, 6) is 0.974. The molecule has 4 rings (SSSR count). The van der Waals surface area contributed by atoms with Crippen molar-refractivity contribution in [3.63, 3.8) is 0 Å². The quantitative estimate of drug-likeness (QED) is 0.387. The molecule has 1 amide bonds. The maximum atomic E-state index is 12.9. The summed E-state index contributed by atoms with van der Waals surface area (Å²) in [4.78, 5) is 29.9. The second-order valence-electron chi connectivity index (χ2n) is 7.60. The average Bonchev–Trinajstić information content (AvgIpc) is 3.39. The predicted molar refractivity (Wildman–Crippen MR) is 131 cm³/mol. The first-order chi connectivity index (χ1) is 16.0. The Labute approximate surface area is 196 Å². The highest BCUT2D eigenvalue weighted by molar-refractivity contribution is 7.99. The maximum Gasteiger partial charge on any atom is 0.295 e. The number of nitrogens with zero attached hydrogens (tertiary/aromatic N) is 4. The van der Waals surface area contributed by atoms with Gasteiger partial charge in [0.15, 0.2) is 5.82 Å². The molecule has 0 unspecified atom stereocenters. The number of hydrogen-bond acceptors (Lipinski definition) is 5. The minimum atomic E-state index is -0.255. The molecule has 2 aromatic carbocycles. The van der Waals surface area contributed by atoms with E-state index in [1.165, 1.54) is 17.3 Å². The van der Waals surface area contributed by atoms with Crippen LogP contribution >= 0.6 is 11.8 Å². The van der Waals surface area contributed by atoms with E-state index < -0.39 is 0 Å². The number of hydrogen-bond donors (Lipinski definition) is 2. The molecule has 0 spiro atoms. The van der Waals surface area contributed by atoms with E-state index in [-0.39, 0.29) is 17.9 Å². The van der Waals surface area contributed by atoms with Gasteiger partial charge in [0.2, 0.25) is 11.1 Å². The highest BCUT2D eigenvalue weighted by Crippen LogP contribution is 2.21. The first-order valence-corrected chi connectivity index (χ1v) is 11.7. The van der Waals surface area contributed by atoms with Gasteiger partial charge in [0.05, 0.1) is 11.4 Å². The van der Waals surface area contributed by atoms with Crippen molar-refractivity contribution in [3.8, 4) is 17.1 Å². The van der Waals surface area contributed by atoms with E-state index in [1.807, 2.05) is 49.4 Å². The molecule has 170 valence electrons. The van der Waals surface area contributed by atoms with Crippen molar-refractivity contribution in [2.75, 3.05) is 11.1 Å². The Morgan fingerprint density at radius 1 is 1.12 bits per heavy atom. The van der Waals surface area contributed by atoms with Gasteiger partial charge in [-0.3, -0.25) is 19.4 Å². The smallest absolute Gasteiger partial charge is 0.295 e. The number of H-pyrrole nitrogens is 1. The number of carbonyl (C=O) groups is 1. The molecule has 0 aliphatic heterocycles. The number of aromatic amines is 1. The zero-order chi connectivity index (χ0) is 23.4. The number of thioether (sulfide) groups is 1. The number of aromatic nitrogens is 5. The second-order valence-corrected chi connectivity index (χ2v) is 8.66. The molecule has 0 fully saturated rings. The van der Waals surface area contributed by atoms with Gasteiger partial charge in [-0.25, -0.2) is 9.67 Å². The Balaban J connectivity index is 1.36. The van der Waals surface area contributed by atoms with E-state index in [1.54, 1.807) is 16.4 Å². The molecular weight excluding hydrogens is 436 g/mol. The van der Waals surface area contributed by atoms with Crippen LogP contribution in [-0.2, 0) is 18.3 Å². The number of para-hydroxylation sites is 1. The highest BCUT2D eigenvalue weighted by Gasteiger charge is 2.18. The number of carbonyl (C=O) groups excluding carboxylic acids is 1. The first kappa shape index (κ1) is 22.6. The molecule has 0 saturated heterocycles. The van der Waals surface area contributed by atoms with E-state index >= 15 is 0 Å². The van der Waals surface area contributed by atoms with Gasteiger partial charge < -0.3 is 5.32 Å². The minimum absolute atomic E-state index is 0.223. The van der Waals surface area contributed by atoms with E-state index in [2.05, 4.69) is 39.6 Å². The molecule has 8 nitrogen and oxygen atoms in total. The van der Waals surface area contributed by atoms with Crippen LogP contribution in [0.5, 0.6) is 0 Å². The van der Waals surface area contributed by atoms with Crippen LogP contribution in [0, 0.1) is 6.92 Å². The predicted octanol–water partition coefficient (Wildman–Crippen LogP) is 3.95. The summed E-state index contributed by atoms with van der Waals surface area (Å²) in [6.45, 7) is 3.93. The van der Waals surface area contributed by atoms with Crippen LogP contribution in [0.25, 0.3) is 17.1 Å². The molecule has 0 saturated carbocycles. The third kappa shape index (κ3) is 4.93. The molecule has 33 heavy (non-hydrogen) atoms. The largest absolute Gasteiger partial charge is 0.320 e. The Hall–Kier alpha value is -3.59. The van der Waals surface area contributed by atoms with Gasteiger partial charge in [-0.05, 0) is 31.0 Å². The summed E-state index contributed by atoms with van der Waals surface area (Å²) in [6.07, 6.45) is 1.22. The average molecular weight is 463 g/mol. The third-order valence-electron chi connectivity index (χ3n) is 5.48. The lowest BCUT2D eigenvalue weighted by atomic mass is 10.1. The van der Waals surface area contributed by atoms with E-state index in [0.717, 1.165) is 17.7 Å². The zero-order valence-corrected chi connectivity index (χ0v) is 19.6. The SMILES string of the molecule is CCc1ccc(-c2nc(SCCC(=O)Nc3c(C)n(C)n(-c4ccccc4)c3=O)n[nH]2)cc1. The summed E-state index contributed by atoms with van der Waals surface area (Å²) in [6, 6.07) is 17.5. The number of benzene rings is 2. The van der Waals surface area contributed by atoms with Gasteiger partial charge in [0.1, 0.15) is 5.69 Å². The minimum Gasteiger partial charge on any atom is -0.320 e. The van der Waals surface area contributed by atoms with Gasteiger partial charge in [0.25, 0.3) is 5.56 Å². The van der Waals surface area contributed by atoms with Crippen LogP contribution in [0.15, 0.2) is 64.5 Å². The molecule has 0 atom stereocenters. The molecule has 0 radical (unpaired) electrons. The number of anilines is 1. The zero-order valence-electron chi connectivity index (χ0n) is 18.8. The standard InChI is InChI=1S/C24H26N6O2S/c1-4-17-10-12-18(13-11-17)22-26-24(28-27-22)33-15-14-20(31)25-21-16(2)29(3)30(23(21)32)19-8-6-5-7-9-19/h5-13H,4,14-15H2,1-3H3,(H,25,31)(H,26,27,28). The van der Waals surface area contributed by atoms with E-state index in [4.69, 9.17) is 0 Å². The summed E-state index contributed by atoms with van der Waals surface area (Å²) in [5, 5.41) is 10.5. The topological polar surface area (TPSA) is 97.6 Å². The fourth-order valence-electron chi connectivity index (χ4n) is 3.49. The normalized spacial score (nSPS) is 11.0. The van der Waals surface area contributed by atoms with Crippen LogP contribution < -0.4 is 10.9 Å². The Kier molecular flexibility index (Phi) is 6.79. The molecule has 0 aliphatic rings. The van der Waals surface area contributed by atoms with E-state index in [9.17, 15) is 9.59 Å². The lowest BCUT2D eigenvalue weighted by Gasteiger charge is -2.07. The number of aryl methyl sites for hydroxylation is 1. The summed E-state index contributed by atoms with van der Waals surface area (Å²) < 4.78 is 3.28. The van der Waals surface area contributed by atoms with Gasteiger partial charge in [-0.2, -0.15) is 0 Å². The van der Waals surface area contributed by atoms with Crippen molar-refractivity contribution >= 4 is 23.4 Å². The molecule has 0 aliphatic carbocycles. The van der Waals surface area contributed by atoms with Crippen molar-refractivity contribution in [2.24, 2.45) is 7.05 Å². The third-order valence-corrected chi connectivity index (χ3v) is 6.33. The molecule has 2 N–H and O–H groups in total. The molecular formula is C24H26N6O2S. The lowest BCUT2D eigenvalue weighted by Crippen LogP contribution is -2.23. The van der Waals surface area contributed by atoms with Gasteiger partial charge in [-0.1, -0.05) is 61.2 Å². The van der Waals surface area contributed by atoms with Crippen LogP contribution in [0.1, 0.15) is 24.6 Å². The fourth-order valence-corrected chi connectivity index (χ4v) is 4.22. The van der Waals surface area contributed by atoms with Crippen molar-refractivity contribution in [1.29, 1.82) is 0 Å².